The number of aliphatic carboxylic acids is 1. The van der Waals surface area contributed by atoms with Gasteiger partial charge in [0.15, 0.2) is 0 Å². The van der Waals surface area contributed by atoms with Gasteiger partial charge in [0.2, 0.25) is 0 Å². The van der Waals surface area contributed by atoms with Crippen LogP contribution in [0.5, 0.6) is 0 Å². The summed E-state index contributed by atoms with van der Waals surface area (Å²) in [6.45, 7) is 1.69. The molecule has 2 aromatic heterocycles. The lowest BCUT2D eigenvalue weighted by molar-refractivity contribution is -0.139. The Kier molecular flexibility index (Phi) is 6.59. The standard InChI is InChI=1S/C26H22N4O4/c1-16-19(6-4-13-27-16)24(31)30-23(26(33)34)15-17-8-10-18(11-9-17)29-25(32)21-12-14-28-22-7-3-2-5-20(21)22/h2-14,23H,15H2,1H3,(H,29,32)(H,30,31)(H,33,34). The third-order valence-electron chi connectivity index (χ3n) is 5.40. The van der Waals surface area contributed by atoms with Crippen LogP contribution >= 0.6 is 0 Å². The lowest BCUT2D eigenvalue weighted by Gasteiger charge is -2.16. The lowest BCUT2D eigenvalue weighted by atomic mass is 10.0. The number of carboxylic acid groups (broad SMARTS) is 1. The number of para-hydroxylation sites is 1. The van der Waals surface area contributed by atoms with Crippen LogP contribution in [-0.4, -0.2) is 38.9 Å². The fourth-order valence-electron chi connectivity index (χ4n) is 3.61. The van der Waals surface area contributed by atoms with E-state index >= 15 is 0 Å². The quantitative estimate of drug-likeness (QED) is 0.392. The van der Waals surface area contributed by atoms with Gasteiger partial charge in [0.25, 0.3) is 11.8 Å². The molecule has 0 aliphatic heterocycles. The van der Waals surface area contributed by atoms with E-state index in [4.69, 9.17) is 0 Å². The highest BCUT2D eigenvalue weighted by molar-refractivity contribution is 6.12. The second-order valence-electron chi connectivity index (χ2n) is 7.73. The molecule has 1 unspecified atom stereocenters. The van der Waals surface area contributed by atoms with Gasteiger partial charge in [-0.05, 0) is 48.9 Å². The number of pyridine rings is 2. The Hall–Kier alpha value is -4.59. The normalized spacial score (nSPS) is 11.6. The summed E-state index contributed by atoms with van der Waals surface area (Å²) < 4.78 is 0. The van der Waals surface area contributed by atoms with Crippen LogP contribution in [0.3, 0.4) is 0 Å². The van der Waals surface area contributed by atoms with Crippen molar-refractivity contribution in [1.29, 1.82) is 0 Å². The van der Waals surface area contributed by atoms with E-state index in [1.807, 2.05) is 24.3 Å². The number of nitrogens with zero attached hydrogens (tertiary/aromatic N) is 2. The van der Waals surface area contributed by atoms with Crippen LogP contribution in [0.4, 0.5) is 5.69 Å². The first-order valence-corrected chi connectivity index (χ1v) is 10.6. The number of rotatable bonds is 7. The number of amides is 2. The van der Waals surface area contributed by atoms with Gasteiger partial charge < -0.3 is 15.7 Å². The van der Waals surface area contributed by atoms with Crippen molar-refractivity contribution in [3.63, 3.8) is 0 Å². The van der Waals surface area contributed by atoms with Crippen LogP contribution < -0.4 is 10.6 Å². The molecule has 8 nitrogen and oxygen atoms in total. The first-order chi connectivity index (χ1) is 16.4. The second-order valence-corrected chi connectivity index (χ2v) is 7.73. The van der Waals surface area contributed by atoms with Gasteiger partial charge in [-0.2, -0.15) is 0 Å². The van der Waals surface area contributed by atoms with Gasteiger partial charge in [-0.15, -0.1) is 0 Å². The third kappa shape index (κ3) is 5.07. The molecule has 2 heterocycles. The summed E-state index contributed by atoms with van der Waals surface area (Å²) >= 11 is 0. The molecular formula is C26H22N4O4. The van der Waals surface area contributed by atoms with Crippen molar-refractivity contribution in [3.8, 4) is 0 Å². The maximum Gasteiger partial charge on any atom is 0.326 e. The van der Waals surface area contributed by atoms with E-state index in [1.165, 1.54) is 0 Å². The van der Waals surface area contributed by atoms with Crippen LogP contribution in [0.2, 0.25) is 0 Å². The van der Waals surface area contributed by atoms with E-state index in [0.717, 1.165) is 10.9 Å². The Bertz CT molecular complexity index is 1360. The summed E-state index contributed by atoms with van der Waals surface area (Å²) in [6.07, 6.45) is 3.25. The molecule has 2 aromatic carbocycles. The molecule has 0 aliphatic carbocycles. The molecule has 4 aromatic rings. The summed E-state index contributed by atoms with van der Waals surface area (Å²) in [5.41, 5.74) is 3.35. The van der Waals surface area contributed by atoms with E-state index < -0.39 is 17.9 Å². The molecule has 0 saturated carbocycles. The zero-order valence-corrected chi connectivity index (χ0v) is 18.4. The molecule has 0 aliphatic rings. The summed E-state index contributed by atoms with van der Waals surface area (Å²) in [7, 11) is 0. The summed E-state index contributed by atoms with van der Waals surface area (Å²) in [6, 6.07) is 18.0. The first kappa shape index (κ1) is 22.6. The zero-order valence-electron chi connectivity index (χ0n) is 18.4. The van der Waals surface area contributed by atoms with Gasteiger partial charge in [-0.1, -0.05) is 30.3 Å². The van der Waals surface area contributed by atoms with E-state index in [2.05, 4.69) is 20.6 Å². The Morgan fingerprint density at radius 1 is 0.853 bits per heavy atom. The molecule has 8 heteroatoms. The van der Waals surface area contributed by atoms with Crippen LogP contribution in [0.15, 0.2) is 79.1 Å². The molecule has 170 valence electrons. The Morgan fingerprint density at radius 3 is 2.35 bits per heavy atom. The van der Waals surface area contributed by atoms with Gasteiger partial charge in [0.05, 0.1) is 16.6 Å². The lowest BCUT2D eigenvalue weighted by Crippen LogP contribution is -2.42. The number of anilines is 1. The number of carbonyl (C=O) groups is 3. The van der Waals surface area contributed by atoms with Crippen LogP contribution in [0.1, 0.15) is 32.0 Å². The summed E-state index contributed by atoms with van der Waals surface area (Å²) in [5.74, 6) is -1.91. The van der Waals surface area contributed by atoms with Crippen LogP contribution in [-0.2, 0) is 11.2 Å². The smallest absolute Gasteiger partial charge is 0.326 e. The van der Waals surface area contributed by atoms with Gasteiger partial charge >= 0.3 is 5.97 Å². The highest BCUT2D eigenvalue weighted by atomic mass is 16.4. The van der Waals surface area contributed by atoms with Gasteiger partial charge in [0.1, 0.15) is 6.04 Å². The van der Waals surface area contributed by atoms with Crippen molar-refractivity contribution < 1.29 is 19.5 Å². The fourth-order valence-corrected chi connectivity index (χ4v) is 3.61. The number of carboxylic acids is 1. The van der Waals surface area contributed by atoms with E-state index in [0.29, 0.717) is 28.1 Å². The predicted molar refractivity (Wildman–Crippen MR) is 128 cm³/mol. The minimum absolute atomic E-state index is 0.0869. The van der Waals surface area contributed by atoms with Crippen molar-refractivity contribution >= 4 is 34.4 Å². The number of carbonyl (C=O) groups excluding carboxylic acids is 2. The summed E-state index contributed by atoms with van der Waals surface area (Å²) in [5, 5.41) is 15.8. The molecule has 0 radical (unpaired) electrons. The van der Waals surface area contributed by atoms with Crippen molar-refractivity contribution in [3.05, 3.63) is 102 Å². The number of fused-ring (bicyclic) bond motifs is 1. The highest BCUT2D eigenvalue weighted by Crippen LogP contribution is 2.19. The second kappa shape index (κ2) is 9.91. The molecule has 0 saturated heterocycles. The molecular weight excluding hydrogens is 432 g/mol. The molecule has 34 heavy (non-hydrogen) atoms. The van der Waals surface area contributed by atoms with Crippen molar-refractivity contribution in [1.82, 2.24) is 15.3 Å². The molecule has 4 rings (SSSR count). The van der Waals surface area contributed by atoms with Crippen LogP contribution in [0.25, 0.3) is 10.9 Å². The van der Waals surface area contributed by atoms with E-state index in [-0.39, 0.29) is 12.3 Å². The van der Waals surface area contributed by atoms with E-state index in [9.17, 15) is 19.5 Å². The molecule has 0 spiro atoms. The largest absolute Gasteiger partial charge is 0.480 e. The molecule has 1 atom stereocenters. The molecule has 2 amide bonds. The molecule has 0 bridgehead atoms. The van der Waals surface area contributed by atoms with Gasteiger partial charge in [0, 0.05) is 35.6 Å². The minimum Gasteiger partial charge on any atom is -0.480 e. The molecule has 3 N–H and O–H groups in total. The number of hydrogen-bond acceptors (Lipinski definition) is 5. The number of hydrogen-bond donors (Lipinski definition) is 3. The number of aryl methyl sites for hydroxylation is 1. The SMILES string of the molecule is Cc1ncccc1C(=O)NC(Cc1ccc(NC(=O)c2ccnc3ccccc23)cc1)C(=O)O. The van der Waals surface area contributed by atoms with Crippen molar-refractivity contribution in [2.75, 3.05) is 5.32 Å². The average Bonchev–Trinajstić information content (AvgIpc) is 2.84. The number of aromatic nitrogens is 2. The first-order valence-electron chi connectivity index (χ1n) is 10.6. The summed E-state index contributed by atoms with van der Waals surface area (Å²) in [4.78, 5) is 45.4. The van der Waals surface area contributed by atoms with Crippen LogP contribution in [0, 0.1) is 6.92 Å². The maximum absolute atomic E-state index is 12.8. The monoisotopic (exact) mass is 454 g/mol. The number of benzene rings is 2. The Morgan fingerprint density at radius 2 is 1.62 bits per heavy atom. The average molecular weight is 454 g/mol. The number of nitrogens with one attached hydrogen (secondary N) is 2. The highest BCUT2D eigenvalue weighted by Gasteiger charge is 2.22. The zero-order chi connectivity index (χ0) is 24.1. The van der Waals surface area contributed by atoms with Gasteiger partial charge in [-0.25, -0.2) is 4.79 Å². The maximum atomic E-state index is 12.8. The Balaban J connectivity index is 1.44. The topological polar surface area (TPSA) is 121 Å². The third-order valence-corrected chi connectivity index (χ3v) is 5.40. The fraction of sp³-hybridized carbons (Fsp3) is 0.115. The van der Waals surface area contributed by atoms with Crippen molar-refractivity contribution in [2.45, 2.75) is 19.4 Å². The predicted octanol–water partition coefficient (Wildman–Crippen LogP) is 3.62. The van der Waals surface area contributed by atoms with Gasteiger partial charge in [-0.3, -0.25) is 19.6 Å². The minimum atomic E-state index is -1.14. The van der Waals surface area contributed by atoms with E-state index in [1.54, 1.807) is 61.8 Å². The molecule has 0 fully saturated rings. The Labute approximate surface area is 195 Å². The van der Waals surface area contributed by atoms with Crippen molar-refractivity contribution in [2.24, 2.45) is 0 Å².